The van der Waals surface area contributed by atoms with Gasteiger partial charge in [0.15, 0.2) is 0 Å². The van der Waals surface area contributed by atoms with E-state index >= 15 is 0 Å². The smallest absolute Gasteiger partial charge is 0.340 e. The average Bonchev–Trinajstić information content (AvgIpc) is 3.27. The van der Waals surface area contributed by atoms with E-state index in [0.717, 1.165) is 19.2 Å². The van der Waals surface area contributed by atoms with Crippen molar-refractivity contribution in [1.29, 1.82) is 0 Å². The van der Waals surface area contributed by atoms with E-state index in [9.17, 15) is 18.0 Å². The van der Waals surface area contributed by atoms with Crippen molar-refractivity contribution in [2.45, 2.75) is 18.5 Å². The molecule has 3 nitrogen and oxygen atoms in total. The molecular weight excluding hydrogens is 281 g/mol. The molecule has 1 aliphatic carbocycles. The maximum Gasteiger partial charge on any atom is 0.416 e. The highest BCUT2D eigenvalue weighted by Crippen LogP contribution is 2.51. The number of halogens is 3. The number of nitrogens with zero attached hydrogens (tertiary/aromatic N) is 1. The molecule has 1 N–H and O–H groups in total. The predicted octanol–water partition coefficient (Wildman–Crippen LogP) is 2.24. The first-order chi connectivity index (χ1) is 9.98. The second kappa shape index (κ2) is 5.33. The summed E-state index contributed by atoms with van der Waals surface area (Å²) in [6.07, 6.45) is -3.84. The third-order valence-corrected chi connectivity index (χ3v) is 4.20. The van der Waals surface area contributed by atoms with Gasteiger partial charge in [0.25, 0.3) is 0 Å². The SMILES string of the molecule is O=C([C@H]1C[C@@H]1c1ccccc1C(F)(F)F)N1CCNCC1. The number of hydrogen-bond donors (Lipinski definition) is 1. The second-order valence-corrected chi connectivity index (χ2v) is 5.61. The van der Waals surface area contributed by atoms with E-state index < -0.39 is 11.7 Å². The molecule has 3 rings (SSSR count). The lowest BCUT2D eigenvalue weighted by molar-refractivity contribution is -0.138. The molecule has 1 aromatic carbocycles. The van der Waals surface area contributed by atoms with Gasteiger partial charge in [-0.15, -0.1) is 0 Å². The summed E-state index contributed by atoms with van der Waals surface area (Å²) in [5.74, 6) is -0.574. The van der Waals surface area contributed by atoms with Gasteiger partial charge in [0, 0.05) is 32.1 Å². The van der Waals surface area contributed by atoms with Gasteiger partial charge in [-0.05, 0) is 24.0 Å². The summed E-state index contributed by atoms with van der Waals surface area (Å²) in [6, 6.07) is 5.59. The van der Waals surface area contributed by atoms with Crippen LogP contribution in [0.1, 0.15) is 23.5 Å². The molecule has 114 valence electrons. The number of benzene rings is 1. The normalized spacial score (nSPS) is 25.8. The van der Waals surface area contributed by atoms with Crippen LogP contribution in [0, 0.1) is 5.92 Å². The number of carbonyl (C=O) groups is 1. The lowest BCUT2D eigenvalue weighted by Crippen LogP contribution is -2.47. The van der Waals surface area contributed by atoms with Gasteiger partial charge in [0.2, 0.25) is 5.91 Å². The van der Waals surface area contributed by atoms with Crippen molar-refractivity contribution < 1.29 is 18.0 Å². The number of carbonyl (C=O) groups excluding carboxylic acids is 1. The highest BCUT2D eigenvalue weighted by molar-refractivity contribution is 5.83. The van der Waals surface area contributed by atoms with Crippen LogP contribution in [0.5, 0.6) is 0 Å². The van der Waals surface area contributed by atoms with Gasteiger partial charge < -0.3 is 10.2 Å². The largest absolute Gasteiger partial charge is 0.416 e. The van der Waals surface area contributed by atoms with Crippen molar-refractivity contribution in [2.75, 3.05) is 26.2 Å². The number of piperazine rings is 1. The van der Waals surface area contributed by atoms with Crippen LogP contribution >= 0.6 is 0 Å². The van der Waals surface area contributed by atoms with E-state index in [1.54, 1.807) is 11.0 Å². The van der Waals surface area contributed by atoms with Crippen molar-refractivity contribution in [3.8, 4) is 0 Å². The van der Waals surface area contributed by atoms with Crippen molar-refractivity contribution >= 4 is 5.91 Å². The van der Waals surface area contributed by atoms with E-state index in [1.165, 1.54) is 12.1 Å². The Labute approximate surface area is 121 Å². The molecule has 2 atom stereocenters. The summed E-state index contributed by atoms with van der Waals surface area (Å²) in [4.78, 5) is 14.1. The van der Waals surface area contributed by atoms with Crippen molar-refractivity contribution in [2.24, 2.45) is 5.92 Å². The minimum atomic E-state index is -4.36. The third kappa shape index (κ3) is 2.90. The molecular formula is C15H17F3N2O. The van der Waals surface area contributed by atoms with Gasteiger partial charge in [-0.2, -0.15) is 13.2 Å². The number of hydrogen-bond acceptors (Lipinski definition) is 2. The highest BCUT2D eigenvalue weighted by atomic mass is 19.4. The molecule has 0 aromatic heterocycles. The van der Waals surface area contributed by atoms with E-state index in [2.05, 4.69) is 5.32 Å². The fourth-order valence-electron chi connectivity index (χ4n) is 3.01. The Hall–Kier alpha value is -1.56. The Morgan fingerprint density at radius 2 is 1.86 bits per heavy atom. The lowest BCUT2D eigenvalue weighted by Gasteiger charge is -2.27. The predicted molar refractivity (Wildman–Crippen MR) is 71.7 cm³/mol. The molecule has 1 aromatic rings. The molecule has 0 spiro atoms. The average molecular weight is 298 g/mol. The minimum Gasteiger partial charge on any atom is -0.340 e. The Kier molecular flexibility index (Phi) is 3.65. The van der Waals surface area contributed by atoms with E-state index in [0.29, 0.717) is 19.5 Å². The maximum absolute atomic E-state index is 13.0. The Morgan fingerprint density at radius 3 is 2.52 bits per heavy atom. The molecule has 1 saturated heterocycles. The molecule has 2 fully saturated rings. The van der Waals surface area contributed by atoms with Gasteiger partial charge in [-0.1, -0.05) is 18.2 Å². The monoisotopic (exact) mass is 298 g/mol. The molecule has 1 heterocycles. The quantitative estimate of drug-likeness (QED) is 0.908. The van der Waals surface area contributed by atoms with Gasteiger partial charge in [-0.25, -0.2) is 0 Å². The fraction of sp³-hybridized carbons (Fsp3) is 0.533. The van der Waals surface area contributed by atoms with Gasteiger partial charge in [-0.3, -0.25) is 4.79 Å². The third-order valence-electron chi connectivity index (χ3n) is 4.20. The van der Waals surface area contributed by atoms with E-state index in [1.807, 2.05) is 0 Å². The molecule has 2 aliphatic rings. The van der Waals surface area contributed by atoms with Gasteiger partial charge in [0.1, 0.15) is 0 Å². The summed E-state index contributed by atoms with van der Waals surface area (Å²) in [7, 11) is 0. The van der Waals surface area contributed by atoms with Crippen LogP contribution < -0.4 is 5.32 Å². The molecule has 0 bridgehead atoms. The molecule has 6 heteroatoms. The number of nitrogens with one attached hydrogen (secondary N) is 1. The summed E-state index contributed by atoms with van der Waals surface area (Å²) >= 11 is 0. The summed E-state index contributed by atoms with van der Waals surface area (Å²) in [5.41, 5.74) is -0.343. The number of amides is 1. The van der Waals surface area contributed by atoms with Crippen LogP contribution in [0.4, 0.5) is 13.2 Å². The molecule has 21 heavy (non-hydrogen) atoms. The van der Waals surface area contributed by atoms with Crippen LogP contribution in [-0.2, 0) is 11.0 Å². The van der Waals surface area contributed by atoms with Gasteiger partial charge in [0.05, 0.1) is 5.56 Å². The molecule has 0 radical (unpaired) electrons. The molecule has 0 unspecified atom stereocenters. The first-order valence-electron chi connectivity index (χ1n) is 7.14. The van der Waals surface area contributed by atoms with Crippen molar-refractivity contribution in [1.82, 2.24) is 10.2 Å². The van der Waals surface area contributed by atoms with Crippen LogP contribution in [0.2, 0.25) is 0 Å². The first kappa shape index (κ1) is 14.4. The minimum absolute atomic E-state index is 0.00141. The van der Waals surface area contributed by atoms with E-state index in [-0.39, 0.29) is 23.3 Å². The Balaban J connectivity index is 1.74. The molecule has 1 aliphatic heterocycles. The standard InChI is InChI=1S/C15H17F3N2O/c16-15(17,18)13-4-2-1-3-10(13)11-9-12(11)14(21)20-7-5-19-6-8-20/h1-4,11-12,19H,5-9H2/t11-,12+/m1/s1. The van der Waals surface area contributed by atoms with Crippen molar-refractivity contribution in [3.05, 3.63) is 35.4 Å². The van der Waals surface area contributed by atoms with E-state index in [4.69, 9.17) is 0 Å². The number of rotatable bonds is 2. The zero-order chi connectivity index (χ0) is 15.0. The summed E-state index contributed by atoms with van der Waals surface area (Å²) in [6.45, 7) is 2.79. The number of alkyl halides is 3. The first-order valence-corrected chi connectivity index (χ1v) is 7.14. The molecule has 1 amide bonds. The lowest BCUT2D eigenvalue weighted by atomic mass is 10.0. The fourth-order valence-corrected chi connectivity index (χ4v) is 3.01. The summed E-state index contributed by atoms with van der Waals surface area (Å²) < 4.78 is 39.0. The van der Waals surface area contributed by atoms with Crippen LogP contribution in [0.15, 0.2) is 24.3 Å². The summed E-state index contributed by atoms with van der Waals surface area (Å²) in [5, 5.41) is 3.16. The van der Waals surface area contributed by atoms with Crippen molar-refractivity contribution in [3.63, 3.8) is 0 Å². The zero-order valence-corrected chi connectivity index (χ0v) is 11.5. The molecule has 1 saturated carbocycles. The second-order valence-electron chi connectivity index (χ2n) is 5.61. The Bertz CT molecular complexity index is 538. The van der Waals surface area contributed by atoms with Crippen LogP contribution in [-0.4, -0.2) is 37.0 Å². The van der Waals surface area contributed by atoms with Gasteiger partial charge >= 0.3 is 6.18 Å². The zero-order valence-electron chi connectivity index (χ0n) is 11.5. The topological polar surface area (TPSA) is 32.3 Å². The Morgan fingerprint density at radius 1 is 1.19 bits per heavy atom. The highest BCUT2D eigenvalue weighted by Gasteiger charge is 2.49. The van der Waals surface area contributed by atoms with Crippen LogP contribution in [0.3, 0.4) is 0 Å². The van der Waals surface area contributed by atoms with Crippen LogP contribution in [0.25, 0.3) is 0 Å². The maximum atomic E-state index is 13.0.